The Hall–Kier alpha value is -2.77. The average Bonchev–Trinajstić information content (AvgIpc) is 3.08. The average molecular weight is 441 g/mol. The Morgan fingerprint density at radius 1 is 1.19 bits per heavy atom. The molecule has 0 bridgehead atoms. The summed E-state index contributed by atoms with van der Waals surface area (Å²) in [6.45, 7) is 1.92. The van der Waals surface area contributed by atoms with Crippen molar-refractivity contribution in [2.75, 3.05) is 5.32 Å². The number of thiazole rings is 1. The highest BCUT2D eigenvalue weighted by molar-refractivity contribution is 9.10. The number of rotatable bonds is 3. The molecule has 4 rings (SSSR count). The van der Waals surface area contributed by atoms with Gasteiger partial charge in [-0.25, -0.2) is 9.78 Å². The fourth-order valence-electron chi connectivity index (χ4n) is 2.74. The third-order valence-electron chi connectivity index (χ3n) is 4.01. The summed E-state index contributed by atoms with van der Waals surface area (Å²) in [6, 6.07) is 14.1. The standard InChI is InChI=1S/C20H13BrN2O3S/c1-11-22-17(10-27-11)14-4-2-3-5-16(14)23-19(24)15-9-12-8-13(21)6-7-18(12)26-20(15)25/h2-10H,1H3,(H,23,24). The van der Waals surface area contributed by atoms with E-state index in [0.29, 0.717) is 16.7 Å². The van der Waals surface area contributed by atoms with Crippen LogP contribution < -0.4 is 10.9 Å². The number of anilines is 1. The van der Waals surface area contributed by atoms with Crippen LogP contribution in [0.4, 0.5) is 5.69 Å². The number of carbonyl (C=O) groups excluding carboxylic acids is 1. The van der Waals surface area contributed by atoms with Gasteiger partial charge in [-0.3, -0.25) is 4.79 Å². The van der Waals surface area contributed by atoms with Crippen LogP contribution in [0.3, 0.4) is 0 Å². The van der Waals surface area contributed by atoms with Gasteiger partial charge in [0.1, 0.15) is 11.1 Å². The highest BCUT2D eigenvalue weighted by Gasteiger charge is 2.16. The van der Waals surface area contributed by atoms with Gasteiger partial charge in [-0.05, 0) is 37.3 Å². The van der Waals surface area contributed by atoms with Crippen molar-refractivity contribution in [3.63, 3.8) is 0 Å². The smallest absolute Gasteiger partial charge is 0.349 e. The number of fused-ring (bicyclic) bond motifs is 1. The molecule has 7 heteroatoms. The Morgan fingerprint density at radius 2 is 2.00 bits per heavy atom. The van der Waals surface area contributed by atoms with E-state index in [1.807, 2.05) is 30.5 Å². The summed E-state index contributed by atoms with van der Waals surface area (Å²) in [6.07, 6.45) is 0. The van der Waals surface area contributed by atoms with Crippen LogP contribution in [-0.2, 0) is 0 Å². The minimum Gasteiger partial charge on any atom is -0.422 e. The van der Waals surface area contributed by atoms with Crippen molar-refractivity contribution in [3.8, 4) is 11.3 Å². The van der Waals surface area contributed by atoms with E-state index >= 15 is 0 Å². The zero-order valence-electron chi connectivity index (χ0n) is 14.2. The van der Waals surface area contributed by atoms with Crippen molar-refractivity contribution in [1.82, 2.24) is 4.98 Å². The second kappa shape index (κ2) is 7.09. The summed E-state index contributed by atoms with van der Waals surface area (Å²) < 4.78 is 6.11. The lowest BCUT2D eigenvalue weighted by Crippen LogP contribution is -2.21. The first-order valence-electron chi connectivity index (χ1n) is 8.07. The molecule has 0 saturated heterocycles. The van der Waals surface area contributed by atoms with Gasteiger partial charge in [0.15, 0.2) is 0 Å². The number of amides is 1. The molecule has 2 heterocycles. The van der Waals surface area contributed by atoms with E-state index < -0.39 is 11.5 Å². The summed E-state index contributed by atoms with van der Waals surface area (Å²) in [5.74, 6) is -0.523. The number of aromatic nitrogens is 1. The molecule has 2 aromatic heterocycles. The summed E-state index contributed by atoms with van der Waals surface area (Å²) in [7, 11) is 0. The van der Waals surface area contributed by atoms with Gasteiger partial charge in [-0.15, -0.1) is 11.3 Å². The molecule has 5 nitrogen and oxygen atoms in total. The van der Waals surface area contributed by atoms with Gasteiger partial charge in [0, 0.05) is 20.8 Å². The van der Waals surface area contributed by atoms with E-state index in [4.69, 9.17) is 4.42 Å². The van der Waals surface area contributed by atoms with Crippen molar-refractivity contribution < 1.29 is 9.21 Å². The van der Waals surface area contributed by atoms with Gasteiger partial charge in [0.2, 0.25) is 0 Å². The number of hydrogen-bond acceptors (Lipinski definition) is 5. The van der Waals surface area contributed by atoms with Crippen LogP contribution in [0, 0.1) is 6.92 Å². The van der Waals surface area contributed by atoms with Gasteiger partial charge in [-0.1, -0.05) is 34.1 Å². The van der Waals surface area contributed by atoms with Crippen LogP contribution in [0.15, 0.2) is 67.6 Å². The highest BCUT2D eigenvalue weighted by Crippen LogP contribution is 2.29. The minimum atomic E-state index is -0.677. The maximum atomic E-state index is 12.8. The van der Waals surface area contributed by atoms with Crippen molar-refractivity contribution in [3.05, 3.63) is 79.4 Å². The van der Waals surface area contributed by atoms with Crippen molar-refractivity contribution in [1.29, 1.82) is 0 Å². The third-order valence-corrected chi connectivity index (χ3v) is 5.28. The number of benzene rings is 2. The molecule has 27 heavy (non-hydrogen) atoms. The van der Waals surface area contributed by atoms with Crippen LogP contribution in [0.25, 0.3) is 22.2 Å². The van der Waals surface area contributed by atoms with Gasteiger partial charge < -0.3 is 9.73 Å². The maximum Gasteiger partial charge on any atom is 0.349 e. The Bertz CT molecular complexity index is 1230. The number of nitrogens with one attached hydrogen (secondary N) is 1. The molecule has 0 aliphatic heterocycles. The van der Waals surface area contributed by atoms with Crippen LogP contribution in [0.5, 0.6) is 0 Å². The van der Waals surface area contributed by atoms with E-state index in [1.54, 1.807) is 24.3 Å². The molecule has 2 aromatic carbocycles. The molecular weight excluding hydrogens is 428 g/mol. The zero-order chi connectivity index (χ0) is 19.0. The molecule has 0 aliphatic rings. The summed E-state index contributed by atoms with van der Waals surface area (Å²) in [4.78, 5) is 29.5. The Balaban J connectivity index is 1.72. The number of carbonyl (C=O) groups is 1. The normalized spacial score (nSPS) is 10.9. The first-order valence-corrected chi connectivity index (χ1v) is 9.75. The second-order valence-corrected chi connectivity index (χ2v) is 7.86. The Morgan fingerprint density at radius 3 is 2.78 bits per heavy atom. The monoisotopic (exact) mass is 440 g/mol. The molecule has 0 unspecified atom stereocenters. The quantitative estimate of drug-likeness (QED) is 0.442. The predicted molar refractivity (Wildman–Crippen MR) is 110 cm³/mol. The lowest BCUT2D eigenvalue weighted by Gasteiger charge is -2.09. The van der Waals surface area contributed by atoms with Crippen molar-refractivity contribution in [2.24, 2.45) is 0 Å². The zero-order valence-corrected chi connectivity index (χ0v) is 16.6. The molecule has 0 atom stereocenters. The topological polar surface area (TPSA) is 72.2 Å². The van der Waals surface area contributed by atoms with Gasteiger partial charge in [0.05, 0.1) is 16.4 Å². The van der Waals surface area contributed by atoms with Crippen LogP contribution in [0.1, 0.15) is 15.4 Å². The van der Waals surface area contributed by atoms with Gasteiger partial charge >= 0.3 is 5.63 Å². The lowest BCUT2D eigenvalue weighted by atomic mass is 10.1. The van der Waals surface area contributed by atoms with E-state index in [0.717, 1.165) is 20.7 Å². The van der Waals surface area contributed by atoms with Gasteiger partial charge in [0.25, 0.3) is 5.91 Å². The predicted octanol–water partition coefficient (Wildman–Crippen LogP) is 5.24. The van der Waals surface area contributed by atoms with Crippen LogP contribution in [0.2, 0.25) is 0 Å². The molecule has 134 valence electrons. The van der Waals surface area contributed by atoms with Crippen molar-refractivity contribution in [2.45, 2.75) is 6.92 Å². The van der Waals surface area contributed by atoms with E-state index in [9.17, 15) is 9.59 Å². The molecule has 1 N–H and O–H groups in total. The molecule has 0 fully saturated rings. The van der Waals surface area contributed by atoms with Gasteiger partial charge in [-0.2, -0.15) is 0 Å². The van der Waals surface area contributed by atoms with E-state index in [2.05, 4.69) is 26.2 Å². The molecule has 4 aromatic rings. The van der Waals surface area contributed by atoms with E-state index in [-0.39, 0.29) is 5.56 Å². The Labute approximate surface area is 166 Å². The summed E-state index contributed by atoms with van der Waals surface area (Å²) >= 11 is 4.91. The fourth-order valence-corrected chi connectivity index (χ4v) is 3.74. The minimum absolute atomic E-state index is 0.0511. The SMILES string of the molecule is Cc1nc(-c2ccccc2NC(=O)c2cc3cc(Br)ccc3oc2=O)cs1. The highest BCUT2D eigenvalue weighted by atomic mass is 79.9. The Kier molecular flexibility index (Phi) is 4.63. The summed E-state index contributed by atoms with van der Waals surface area (Å²) in [5, 5.41) is 6.34. The molecular formula is C20H13BrN2O3S. The second-order valence-electron chi connectivity index (χ2n) is 5.88. The van der Waals surface area contributed by atoms with Crippen LogP contribution in [-0.4, -0.2) is 10.9 Å². The lowest BCUT2D eigenvalue weighted by molar-refractivity contribution is 0.102. The molecule has 0 spiro atoms. The summed E-state index contributed by atoms with van der Waals surface area (Å²) in [5.41, 5.74) is 1.86. The van der Waals surface area contributed by atoms with Crippen LogP contribution >= 0.6 is 27.3 Å². The maximum absolute atomic E-state index is 12.8. The van der Waals surface area contributed by atoms with E-state index in [1.165, 1.54) is 17.4 Å². The molecule has 0 saturated carbocycles. The molecule has 0 radical (unpaired) electrons. The number of halogens is 1. The first kappa shape index (κ1) is 17.6. The third kappa shape index (κ3) is 3.56. The number of nitrogens with zero attached hydrogens (tertiary/aromatic N) is 1. The molecule has 0 aliphatic carbocycles. The number of aryl methyl sites for hydroxylation is 1. The van der Waals surface area contributed by atoms with Crippen molar-refractivity contribution >= 4 is 49.8 Å². The first-order chi connectivity index (χ1) is 13.0. The largest absolute Gasteiger partial charge is 0.422 e. The fraction of sp³-hybridized carbons (Fsp3) is 0.0500. The number of para-hydroxylation sites is 1. The molecule has 1 amide bonds. The number of hydrogen-bond donors (Lipinski definition) is 1.